The Bertz CT molecular complexity index is 864. The molecule has 0 aromatic carbocycles. The molecule has 16 heteroatoms. The van der Waals surface area contributed by atoms with Crippen LogP contribution in [0.15, 0.2) is 0 Å². The first-order valence-corrected chi connectivity index (χ1v) is 13.2. The summed E-state index contributed by atoms with van der Waals surface area (Å²) in [6.07, 6.45) is -11.2. The molecule has 0 bridgehead atoms. The molecule has 1 saturated carbocycles. The maximum Gasteiger partial charge on any atom is 0.220 e. The molecular weight excluding hydrogens is 536 g/mol. The Morgan fingerprint density at radius 1 is 0.850 bits per heavy atom. The Hall–Kier alpha value is -1.53. The highest BCUT2D eigenvalue weighted by Crippen LogP contribution is 2.31. The van der Waals surface area contributed by atoms with Crippen LogP contribution < -0.4 is 22.5 Å². The molecule has 2 aliphatic heterocycles. The number of aliphatic hydroxyl groups excluding tert-OH is 7. The maximum atomic E-state index is 12.0. The second-order valence-electron chi connectivity index (χ2n) is 10.4. The molecule has 1 amide bonds. The van der Waals surface area contributed by atoms with Gasteiger partial charge in [-0.05, 0) is 12.8 Å². The molecule has 0 aromatic heterocycles. The van der Waals surface area contributed by atoms with Crippen molar-refractivity contribution in [1.82, 2.24) is 5.32 Å². The topological polar surface area (TPSA) is 286 Å². The van der Waals surface area contributed by atoms with Crippen LogP contribution in [0.4, 0.5) is 0 Å². The van der Waals surface area contributed by atoms with Gasteiger partial charge in [-0.1, -0.05) is 0 Å². The normalized spacial score (nSPS) is 46.0. The molecule has 16 nitrogen and oxygen atoms in total. The summed E-state index contributed by atoms with van der Waals surface area (Å²) in [6, 6.07) is -3.00. The lowest BCUT2D eigenvalue weighted by Crippen LogP contribution is -2.68. The molecule has 0 aromatic rings. The van der Waals surface area contributed by atoms with E-state index in [9.17, 15) is 40.5 Å². The SMILES string of the molecule is C#CCCCC(=O)NCC1OC(OC2C(N)CC(N)C(OC3OC(CO)C(O)C(N)C3O)C2O)C(O)C(O)C1O. The summed E-state index contributed by atoms with van der Waals surface area (Å²) in [5, 5.41) is 74.9. The maximum absolute atomic E-state index is 12.0. The zero-order chi connectivity index (χ0) is 29.7. The highest BCUT2D eigenvalue weighted by Gasteiger charge is 2.51. The number of nitrogens with two attached hydrogens (primary N) is 3. The fraction of sp³-hybridized carbons (Fsp3) is 0.875. The molecular formula is C24H42N4O12. The van der Waals surface area contributed by atoms with Gasteiger partial charge < -0.3 is 77.2 Å². The van der Waals surface area contributed by atoms with Gasteiger partial charge in [-0.2, -0.15) is 0 Å². The van der Waals surface area contributed by atoms with E-state index < -0.39 is 98.4 Å². The quantitative estimate of drug-likeness (QED) is 0.0849. The average molecular weight is 579 g/mol. The smallest absolute Gasteiger partial charge is 0.220 e. The van der Waals surface area contributed by atoms with E-state index in [1.807, 2.05) is 0 Å². The van der Waals surface area contributed by atoms with Crippen LogP contribution in [0.5, 0.6) is 0 Å². The van der Waals surface area contributed by atoms with Crippen molar-refractivity contribution in [2.45, 2.75) is 117 Å². The molecule has 3 fully saturated rings. The number of rotatable bonds is 10. The molecule has 15 atom stereocenters. The van der Waals surface area contributed by atoms with Crippen molar-refractivity contribution >= 4 is 5.91 Å². The molecule has 14 N–H and O–H groups in total. The second kappa shape index (κ2) is 14.6. The zero-order valence-electron chi connectivity index (χ0n) is 21.9. The number of aliphatic hydroxyl groups is 7. The molecule has 40 heavy (non-hydrogen) atoms. The Labute approximate surface area is 231 Å². The van der Waals surface area contributed by atoms with Crippen LogP contribution in [0.3, 0.4) is 0 Å². The van der Waals surface area contributed by atoms with E-state index in [0.717, 1.165) is 0 Å². The largest absolute Gasteiger partial charge is 0.394 e. The molecule has 230 valence electrons. The van der Waals surface area contributed by atoms with Crippen LogP contribution in [0.2, 0.25) is 0 Å². The van der Waals surface area contributed by atoms with E-state index in [0.29, 0.717) is 12.8 Å². The minimum absolute atomic E-state index is 0.0401. The van der Waals surface area contributed by atoms with Crippen molar-refractivity contribution in [3.05, 3.63) is 0 Å². The third-order valence-corrected chi connectivity index (χ3v) is 7.48. The lowest BCUT2D eigenvalue weighted by atomic mass is 9.84. The number of unbranched alkanes of at least 4 members (excludes halogenated alkanes) is 1. The first kappa shape index (κ1) is 33.0. The summed E-state index contributed by atoms with van der Waals surface area (Å²) in [4.78, 5) is 12.0. The first-order chi connectivity index (χ1) is 18.9. The van der Waals surface area contributed by atoms with Crippen molar-refractivity contribution < 1.29 is 59.5 Å². The van der Waals surface area contributed by atoms with E-state index in [-0.39, 0.29) is 25.3 Å². The van der Waals surface area contributed by atoms with Gasteiger partial charge in [0.15, 0.2) is 12.6 Å². The minimum atomic E-state index is -1.75. The van der Waals surface area contributed by atoms with Gasteiger partial charge in [-0.25, -0.2) is 0 Å². The Morgan fingerprint density at radius 2 is 1.43 bits per heavy atom. The van der Waals surface area contributed by atoms with Gasteiger partial charge in [0.05, 0.1) is 12.6 Å². The van der Waals surface area contributed by atoms with E-state index >= 15 is 0 Å². The predicted molar refractivity (Wildman–Crippen MR) is 134 cm³/mol. The Kier molecular flexibility index (Phi) is 12.0. The van der Waals surface area contributed by atoms with Crippen LogP contribution in [0.25, 0.3) is 0 Å². The van der Waals surface area contributed by atoms with E-state index in [4.69, 9.17) is 42.6 Å². The monoisotopic (exact) mass is 578 g/mol. The van der Waals surface area contributed by atoms with Crippen molar-refractivity contribution in [3.63, 3.8) is 0 Å². The number of hydrogen-bond donors (Lipinski definition) is 11. The fourth-order valence-electron chi connectivity index (χ4n) is 5.03. The molecule has 15 unspecified atom stereocenters. The first-order valence-electron chi connectivity index (χ1n) is 13.2. The van der Waals surface area contributed by atoms with Crippen LogP contribution >= 0.6 is 0 Å². The molecule has 1 aliphatic carbocycles. The number of carbonyl (C=O) groups is 1. The third-order valence-electron chi connectivity index (χ3n) is 7.48. The molecule has 0 radical (unpaired) electrons. The standard InChI is InChI=1S/C24H42N4O12/c1-2-3-4-5-13(30)28-7-11-16(32)18(34)19(35)24(37-11)40-22-10(26)6-9(25)21(20(22)36)39-23-17(33)14(27)15(31)12(8-29)38-23/h1,9-12,14-24,29,31-36H,3-8,25-27H2,(H,28,30). The minimum Gasteiger partial charge on any atom is -0.394 e. The molecule has 3 aliphatic rings. The number of terminal acetylenes is 1. The van der Waals surface area contributed by atoms with Crippen molar-refractivity contribution in [3.8, 4) is 12.3 Å². The average Bonchev–Trinajstić information content (AvgIpc) is 2.92. The van der Waals surface area contributed by atoms with Crippen LogP contribution in [0, 0.1) is 12.3 Å². The number of amides is 1. The molecule has 2 heterocycles. The lowest BCUT2D eigenvalue weighted by Gasteiger charge is -2.48. The van der Waals surface area contributed by atoms with Gasteiger partial charge in [-0.3, -0.25) is 4.79 Å². The molecule has 2 saturated heterocycles. The number of hydrogen-bond acceptors (Lipinski definition) is 15. The van der Waals surface area contributed by atoms with E-state index in [1.165, 1.54) is 0 Å². The lowest BCUT2D eigenvalue weighted by molar-refractivity contribution is -0.332. The van der Waals surface area contributed by atoms with E-state index in [2.05, 4.69) is 11.2 Å². The van der Waals surface area contributed by atoms with Gasteiger partial charge in [0.25, 0.3) is 0 Å². The summed E-state index contributed by atoms with van der Waals surface area (Å²) >= 11 is 0. The van der Waals surface area contributed by atoms with Crippen molar-refractivity contribution in [1.29, 1.82) is 0 Å². The van der Waals surface area contributed by atoms with Crippen LogP contribution in [0.1, 0.15) is 25.7 Å². The van der Waals surface area contributed by atoms with Crippen LogP contribution in [-0.2, 0) is 23.7 Å². The fourth-order valence-corrected chi connectivity index (χ4v) is 5.03. The van der Waals surface area contributed by atoms with Gasteiger partial charge in [0, 0.05) is 31.5 Å². The van der Waals surface area contributed by atoms with Crippen molar-refractivity contribution in [2.75, 3.05) is 13.2 Å². The van der Waals surface area contributed by atoms with Gasteiger partial charge in [0.2, 0.25) is 5.91 Å². The summed E-state index contributed by atoms with van der Waals surface area (Å²) in [7, 11) is 0. The highest BCUT2D eigenvalue weighted by atomic mass is 16.7. The number of nitrogens with one attached hydrogen (secondary N) is 1. The predicted octanol–water partition coefficient (Wildman–Crippen LogP) is -6.33. The molecule has 3 rings (SSSR count). The zero-order valence-corrected chi connectivity index (χ0v) is 21.9. The van der Waals surface area contributed by atoms with Crippen molar-refractivity contribution in [2.24, 2.45) is 17.2 Å². The summed E-state index contributed by atoms with van der Waals surface area (Å²) < 4.78 is 22.6. The third kappa shape index (κ3) is 7.45. The van der Waals surface area contributed by atoms with Gasteiger partial charge in [-0.15, -0.1) is 12.3 Å². The van der Waals surface area contributed by atoms with E-state index in [1.54, 1.807) is 0 Å². The number of carbonyl (C=O) groups excluding carboxylic acids is 1. The van der Waals surface area contributed by atoms with Crippen LogP contribution in [-0.4, -0.2) is 147 Å². The summed E-state index contributed by atoms with van der Waals surface area (Å²) in [5.41, 5.74) is 18.1. The summed E-state index contributed by atoms with van der Waals surface area (Å²) in [6.45, 7) is -0.834. The second-order valence-corrected chi connectivity index (χ2v) is 10.4. The Morgan fingerprint density at radius 3 is 2.00 bits per heavy atom. The highest BCUT2D eigenvalue weighted by molar-refractivity contribution is 5.75. The number of ether oxygens (including phenoxy) is 4. The van der Waals surface area contributed by atoms with Gasteiger partial charge >= 0.3 is 0 Å². The van der Waals surface area contributed by atoms with Gasteiger partial charge in [0.1, 0.15) is 61.0 Å². The Balaban J connectivity index is 1.67. The summed E-state index contributed by atoms with van der Waals surface area (Å²) in [5.74, 6) is 2.07. The molecule has 0 spiro atoms.